The van der Waals surface area contributed by atoms with Crippen molar-refractivity contribution < 1.29 is 4.79 Å². The monoisotopic (exact) mass is 389 g/mol. The summed E-state index contributed by atoms with van der Waals surface area (Å²) in [5.41, 5.74) is 0.709. The molecule has 1 amide bonds. The minimum absolute atomic E-state index is 0.0655. The molecule has 0 bridgehead atoms. The first-order chi connectivity index (χ1) is 11.7. The molecule has 3 rings (SSSR count). The molecule has 0 atom stereocenters. The summed E-state index contributed by atoms with van der Waals surface area (Å²) in [6.45, 7) is 5.71. The Bertz CT molecular complexity index is 698. The summed E-state index contributed by atoms with van der Waals surface area (Å²) in [6, 6.07) is 11.4. The normalized spacial score (nSPS) is 14.6. The highest BCUT2D eigenvalue weighted by molar-refractivity contribution is 9.10. The van der Waals surface area contributed by atoms with Crippen LogP contribution in [-0.2, 0) is 0 Å². The Morgan fingerprint density at radius 2 is 1.88 bits per heavy atom. The van der Waals surface area contributed by atoms with Crippen LogP contribution >= 0.6 is 15.9 Å². The van der Waals surface area contributed by atoms with Gasteiger partial charge in [-0.05, 0) is 47.1 Å². The van der Waals surface area contributed by atoms with E-state index in [9.17, 15) is 4.79 Å². The standard InChI is InChI=1S/C17H20BrN5O/c1-2-19-15-7-8-16(21-20-15)22-9-11-23(12-10-22)17(24)13-5-3-4-6-14(13)18/h3-8H,2,9-12H2,1H3,(H,19,20). The van der Waals surface area contributed by atoms with Crippen molar-refractivity contribution in [2.75, 3.05) is 42.9 Å². The Balaban J connectivity index is 1.61. The number of rotatable bonds is 4. The van der Waals surface area contributed by atoms with Crippen LogP contribution < -0.4 is 10.2 Å². The van der Waals surface area contributed by atoms with Crippen molar-refractivity contribution in [3.63, 3.8) is 0 Å². The van der Waals surface area contributed by atoms with Crippen LogP contribution in [0, 0.1) is 0 Å². The van der Waals surface area contributed by atoms with Gasteiger partial charge >= 0.3 is 0 Å². The first kappa shape index (κ1) is 16.7. The predicted molar refractivity (Wildman–Crippen MR) is 98.5 cm³/mol. The third-order valence-corrected chi connectivity index (χ3v) is 4.70. The summed E-state index contributed by atoms with van der Waals surface area (Å²) in [4.78, 5) is 16.7. The lowest BCUT2D eigenvalue weighted by Gasteiger charge is -2.35. The van der Waals surface area contributed by atoms with Crippen molar-refractivity contribution in [1.82, 2.24) is 15.1 Å². The quantitative estimate of drug-likeness (QED) is 0.870. The van der Waals surface area contributed by atoms with Crippen molar-refractivity contribution in [2.24, 2.45) is 0 Å². The molecule has 1 saturated heterocycles. The van der Waals surface area contributed by atoms with Crippen LogP contribution in [0.25, 0.3) is 0 Å². The van der Waals surface area contributed by atoms with Crippen molar-refractivity contribution in [3.05, 3.63) is 46.4 Å². The summed E-state index contributed by atoms with van der Waals surface area (Å²) in [6.07, 6.45) is 0. The van der Waals surface area contributed by atoms with E-state index in [1.807, 2.05) is 48.2 Å². The fraction of sp³-hybridized carbons (Fsp3) is 0.353. The molecule has 0 saturated carbocycles. The molecule has 1 aliphatic heterocycles. The van der Waals surface area contributed by atoms with E-state index in [-0.39, 0.29) is 5.91 Å². The fourth-order valence-electron chi connectivity index (χ4n) is 2.71. The fourth-order valence-corrected chi connectivity index (χ4v) is 3.17. The van der Waals surface area contributed by atoms with Gasteiger partial charge in [0.2, 0.25) is 0 Å². The number of anilines is 2. The Morgan fingerprint density at radius 3 is 2.50 bits per heavy atom. The molecule has 0 radical (unpaired) electrons. The third-order valence-electron chi connectivity index (χ3n) is 4.00. The molecular weight excluding hydrogens is 370 g/mol. The van der Waals surface area contributed by atoms with E-state index in [0.29, 0.717) is 18.7 Å². The number of aromatic nitrogens is 2. The second-order valence-electron chi connectivity index (χ2n) is 5.57. The smallest absolute Gasteiger partial charge is 0.255 e. The molecule has 1 aromatic heterocycles. The Kier molecular flexibility index (Phi) is 5.30. The van der Waals surface area contributed by atoms with Crippen molar-refractivity contribution in [2.45, 2.75) is 6.92 Å². The highest BCUT2D eigenvalue weighted by Gasteiger charge is 2.24. The first-order valence-electron chi connectivity index (χ1n) is 8.05. The average Bonchev–Trinajstić information content (AvgIpc) is 2.63. The number of hydrogen-bond donors (Lipinski definition) is 1. The highest BCUT2D eigenvalue weighted by atomic mass is 79.9. The van der Waals surface area contributed by atoms with Gasteiger partial charge in [0.25, 0.3) is 5.91 Å². The molecule has 1 N–H and O–H groups in total. The van der Waals surface area contributed by atoms with Gasteiger partial charge in [0.15, 0.2) is 5.82 Å². The number of hydrogen-bond acceptors (Lipinski definition) is 5. The maximum atomic E-state index is 12.6. The van der Waals surface area contributed by atoms with Crippen LogP contribution in [0.5, 0.6) is 0 Å². The van der Waals surface area contributed by atoms with Gasteiger partial charge in [-0.15, -0.1) is 10.2 Å². The van der Waals surface area contributed by atoms with Crippen LogP contribution in [0.15, 0.2) is 40.9 Å². The molecule has 2 heterocycles. The van der Waals surface area contributed by atoms with Crippen LogP contribution in [0.3, 0.4) is 0 Å². The number of piperazine rings is 1. The summed E-state index contributed by atoms with van der Waals surface area (Å²) < 4.78 is 0.835. The van der Waals surface area contributed by atoms with E-state index in [0.717, 1.165) is 35.7 Å². The number of benzene rings is 1. The summed E-state index contributed by atoms with van der Waals surface area (Å²) in [7, 11) is 0. The zero-order valence-corrected chi connectivity index (χ0v) is 15.2. The number of nitrogens with one attached hydrogen (secondary N) is 1. The number of halogens is 1. The third kappa shape index (κ3) is 3.67. The Labute approximate surface area is 150 Å². The molecule has 7 heteroatoms. The minimum Gasteiger partial charge on any atom is -0.369 e. The second kappa shape index (κ2) is 7.61. The van der Waals surface area contributed by atoms with Gasteiger partial charge in [-0.2, -0.15) is 0 Å². The lowest BCUT2D eigenvalue weighted by Crippen LogP contribution is -2.49. The highest BCUT2D eigenvalue weighted by Crippen LogP contribution is 2.20. The number of nitrogens with zero attached hydrogens (tertiary/aromatic N) is 4. The van der Waals surface area contributed by atoms with Gasteiger partial charge in [-0.1, -0.05) is 12.1 Å². The number of carbonyl (C=O) groups is 1. The van der Waals surface area contributed by atoms with E-state index in [1.54, 1.807) is 0 Å². The maximum absolute atomic E-state index is 12.6. The van der Waals surface area contributed by atoms with Crippen molar-refractivity contribution in [1.29, 1.82) is 0 Å². The SMILES string of the molecule is CCNc1ccc(N2CCN(C(=O)c3ccccc3Br)CC2)nn1. The summed E-state index contributed by atoms with van der Waals surface area (Å²) >= 11 is 3.45. The average molecular weight is 390 g/mol. The largest absolute Gasteiger partial charge is 0.369 e. The minimum atomic E-state index is 0.0655. The van der Waals surface area contributed by atoms with Gasteiger partial charge in [-0.3, -0.25) is 4.79 Å². The molecule has 6 nitrogen and oxygen atoms in total. The molecular formula is C17H20BrN5O. The Hall–Kier alpha value is -2.15. The molecule has 24 heavy (non-hydrogen) atoms. The zero-order valence-electron chi connectivity index (χ0n) is 13.6. The topological polar surface area (TPSA) is 61.4 Å². The van der Waals surface area contributed by atoms with Crippen LogP contribution in [0.4, 0.5) is 11.6 Å². The van der Waals surface area contributed by atoms with E-state index < -0.39 is 0 Å². The molecule has 0 aliphatic carbocycles. The number of carbonyl (C=O) groups excluding carboxylic acids is 1. The predicted octanol–water partition coefficient (Wildman–Crippen LogP) is 2.63. The van der Waals surface area contributed by atoms with Gasteiger partial charge in [-0.25, -0.2) is 0 Å². The zero-order chi connectivity index (χ0) is 16.9. The Morgan fingerprint density at radius 1 is 1.12 bits per heavy atom. The van der Waals surface area contributed by atoms with E-state index in [1.165, 1.54) is 0 Å². The molecule has 1 fully saturated rings. The first-order valence-corrected chi connectivity index (χ1v) is 8.84. The van der Waals surface area contributed by atoms with Crippen molar-refractivity contribution in [3.8, 4) is 0 Å². The van der Waals surface area contributed by atoms with Crippen LogP contribution in [-0.4, -0.2) is 53.7 Å². The lowest BCUT2D eigenvalue weighted by atomic mass is 10.2. The van der Waals surface area contributed by atoms with Gasteiger partial charge in [0.1, 0.15) is 5.82 Å². The van der Waals surface area contributed by atoms with E-state index in [2.05, 4.69) is 36.3 Å². The van der Waals surface area contributed by atoms with Crippen LogP contribution in [0.2, 0.25) is 0 Å². The molecule has 2 aromatic rings. The summed E-state index contributed by atoms with van der Waals surface area (Å²) in [5.74, 6) is 1.70. The number of amides is 1. The van der Waals surface area contributed by atoms with E-state index in [4.69, 9.17) is 0 Å². The molecule has 1 aliphatic rings. The molecule has 126 valence electrons. The van der Waals surface area contributed by atoms with Crippen LogP contribution in [0.1, 0.15) is 17.3 Å². The van der Waals surface area contributed by atoms with Crippen molar-refractivity contribution >= 4 is 33.5 Å². The van der Waals surface area contributed by atoms with E-state index >= 15 is 0 Å². The summed E-state index contributed by atoms with van der Waals surface area (Å²) in [5, 5.41) is 11.6. The molecule has 1 aromatic carbocycles. The maximum Gasteiger partial charge on any atom is 0.255 e. The van der Waals surface area contributed by atoms with Gasteiger partial charge in [0.05, 0.1) is 5.56 Å². The lowest BCUT2D eigenvalue weighted by molar-refractivity contribution is 0.0745. The molecule has 0 unspecified atom stereocenters. The van der Waals surface area contributed by atoms with Gasteiger partial charge in [0, 0.05) is 37.2 Å². The van der Waals surface area contributed by atoms with Gasteiger partial charge < -0.3 is 15.1 Å². The molecule has 0 spiro atoms. The second-order valence-corrected chi connectivity index (χ2v) is 6.42.